The largest absolute Gasteiger partial charge is 0.420 e. The molecule has 0 aromatic heterocycles. The van der Waals surface area contributed by atoms with Crippen LogP contribution in [0.1, 0.15) is 19.3 Å². The second-order valence-corrected chi connectivity index (χ2v) is 11.0. The number of halogens is 15. The summed E-state index contributed by atoms with van der Waals surface area (Å²) in [7, 11) is 0. The Bertz CT molecular complexity index is 1700. The van der Waals surface area contributed by atoms with Gasteiger partial charge in [-0.2, -0.15) is 26.3 Å². The van der Waals surface area contributed by atoms with Crippen LogP contribution < -0.4 is 14.2 Å². The highest BCUT2D eigenvalue weighted by molar-refractivity contribution is 5.73. The Morgan fingerprint density at radius 1 is 0.310 bits per heavy atom. The van der Waals surface area contributed by atoms with E-state index in [2.05, 4.69) is 14.2 Å². The lowest BCUT2D eigenvalue weighted by Gasteiger charge is -2.22. The van der Waals surface area contributed by atoms with Crippen LogP contribution in [0, 0.1) is 87.3 Å². The molecule has 0 saturated heterocycles. The van der Waals surface area contributed by atoms with Crippen molar-refractivity contribution in [2.45, 2.75) is 19.3 Å². The van der Waals surface area contributed by atoms with Crippen LogP contribution in [0.2, 0.25) is 0 Å². The molecule has 0 saturated carbocycles. The Labute approximate surface area is 314 Å². The summed E-state index contributed by atoms with van der Waals surface area (Å²) < 4.78 is 230. The van der Waals surface area contributed by atoms with E-state index < -0.39 is 161 Å². The summed E-state index contributed by atoms with van der Waals surface area (Å²) in [5.41, 5.74) is 0. The molecule has 0 atom stereocenters. The molecule has 0 heterocycles. The van der Waals surface area contributed by atoms with Crippen molar-refractivity contribution in [2.75, 3.05) is 59.3 Å². The lowest BCUT2D eigenvalue weighted by molar-refractivity contribution is -0.136. The molecule has 3 aromatic carbocycles. The Kier molecular flexibility index (Phi) is 17.6. The molecule has 0 aliphatic carbocycles. The Morgan fingerprint density at radius 2 is 0.500 bits per heavy atom. The Balaban J connectivity index is 1.49. The monoisotopic (exact) mass is 863 g/mol. The van der Waals surface area contributed by atoms with E-state index in [0.29, 0.717) is 0 Å². The fourth-order valence-corrected chi connectivity index (χ4v) is 4.21. The molecule has 58 heavy (non-hydrogen) atoms. The third-order valence-corrected chi connectivity index (χ3v) is 7.16. The molecule has 0 N–H and O–H groups in total. The minimum Gasteiger partial charge on any atom is -0.420 e. The second kappa shape index (κ2) is 21.6. The van der Waals surface area contributed by atoms with Gasteiger partial charge in [0.15, 0.2) is 0 Å². The second-order valence-electron chi connectivity index (χ2n) is 11.0. The average Bonchev–Trinajstić information content (AvgIpc) is 3.20. The minimum atomic E-state index is -2.49. The number of nitrogens with zero attached hydrogens (tertiary/aromatic N) is 1. The highest BCUT2D eigenvalue weighted by atomic mass is 19.2. The number of ether oxygens (including phenoxy) is 6. The van der Waals surface area contributed by atoms with E-state index in [9.17, 15) is 80.2 Å². The topological polar surface area (TPSA) is 110 Å². The van der Waals surface area contributed by atoms with E-state index in [0.717, 1.165) is 0 Å². The molecule has 0 bridgehead atoms. The van der Waals surface area contributed by atoms with E-state index in [1.54, 1.807) is 0 Å². The zero-order chi connectivity index (χ0) is 43.4. The van der Waals surface area contributed by atoms with Crippen LogP contribution in [0.15, 0.2) is 0 Å². The fraction of sp³-hybridized carbons (Fsp3) is 0.364. The molecule has 320 valence electrons. The van der Waals surface area contributed by atoms with Crippen molar-refractivity contribution in [3.63, 3.8) is 0 Å². The molecule has 25 heteroatoms. The maximum atomic E-state index is 13.8. The lowest BCUT2D eigenvalue weighted by Crippen LogP contribution is -2.34. The lowest BCUT2D eigenvalue weighted by atomic mass is 10.2. The zero-order valence-electron chi connectivity index (χ0n) is 28.8. The number of hydrogen-bond acceptors (Lipinski definition) is 10. The van der Waals surface area contributed by atoms with E-state index in [4.69, 9.17) is 14.2 Å². The van der Waals surface area contributed by atoms with Crippen LogP contribution >= 0.6 is 0 Å². The van der Waals surface area contributed by atoms with Gasteiger partial charge in [0.2, 0.25) is 105 Å². The van der Waals surface area contributed by atoms with E-state index in [1.807, 2.05) is 0 Å². The van der Waals surface area contributed by atoms with Crippen molar-refractivity contribution >= 4 is 17.9 Å². The maximum absolute atomic E-state index is 13.8. The van der Waals surface area contributed by atoms with Gasteiger partial charge in [-0.1, -0.05) is 0 Å². The standard InChI is InChI=1S/C33H24F15NO9/c34-16-19(37)25(43)31(26(44)20(16)38)56-13(50)1-7-53-10-4-49(5-11-54-8-2-14(51)57-32-27(45)21(39)17(35)22(40)28(32)46)6-12-55-9-3-15(52)58-33-29(47)23(41)18(36)24(42)30(33)48/h1-12H2. The van der Waals surface area contributed by atoms with Crippen molar-refractivity contribution in [3.8, 4) is 17.2 Å². The molecule has 0 aliphatic rings. The van der Waals surface area contributed by atoms with Crippen molar-refractivity contribution in [3.05, 3.63) is 87.3 Å². The summed E-state index contributed by atoms with van der Waals surface area (Å²) in [6.45, 7) is -2.52. The van der Waals surface area contributed by atoms with Crippen molar-refractivity contribution in [2.24, 2.45) is 0 Å². The SMILES string of the molecule is O=C(CCOCCN(CCOCCC(=O)Oc1c(F)c(F)c(F)c(F)c1F)CCOCCC(=O)Oc1c(F)c(F)c(F)c(F)c1F)Oc1c(F)c(F)c(F)c(F)c1F. The van der Waals surface area contributed by atoms with Crippen molar-refractivity contribution < 1.29 is 109 Å². The number of benzene rings is 3. The van der Waals surface area contributed by atoms with Gasteiger partial charge in [-0.05, 0) is 0 Å². The Hall–Kier alpha value is -5.14. The van der Waals surface area contributed by atoms with Crippen molar-refractivity contribution in [1.82, 2.24) is 4.90 Å². The molecule has 0 aliphatic heterocycles. The highest BCUT2D eigenvalue weighted by Gasteiger charge is 2.31. The smallest absolute Gasteiger partial charge is 0.313 e. The van der Waals surface area contributed by atoms with Gasteiger partial charge in [-0.3, -0.25) is 19.3 Å². The van der Waals surface area contributed by atoms with Crippen LogP contribution in [-0.2, 0) is 28.6 Å². The van der Waals surface area contributed by atoms with Crippen LogP contribution in [0.4, 0.5) is 65.9 Å². The predicted octanol–water partition coefficient (Wildman–Crippen LogP) is 6.41. The molecule has 0 radical (unpaired) electrons. The maximum Gasteiger partial charge on any atom is 0.313 e. The van der Waals surface area contributed by atoms with Crippen LogP contribution in [0.25, 0.3) is 0 Å². The summed E-state index contributed by atoms with van der Waals surface area (Å²) in [6, 6.07) is 0. The van der Waals surface area contributed by atoms with Gasteiger partial charge in [-0.25, -0.2) is 39.5 Å². The summed E-state index contributed by atoms with van der Waals surface area (Å²) in [5.74, 6) is -45.9. The van der Waals surface area contributed by atoms with Gasteiger partial charge in [0.05, 0.1) is 58.9 Å². The first-order valence-electron chi connectivity index (χ1n) is 15.9. The average molecular weight is 864 g/mol. The molecular formula is C33H24F15NO9. The predicted molar refractivity (Wildman–Crippen MR) is 158 cm³/mol. The molecule has 0 spiro atoms. The zero-order valence-corrected chi connectivity index (χ0v) is 28.8. The van der Waals surface area contributed by atoms with Crippen LogP contribution in [0.3, 0.4) is 0 Å². The molecule has 0 amide bonds. The van der Waals surface area contributed by atoms with E-state index in [-0.39, 0.29) is 39.5 Å². The van der Waals surface area contributed by atoms with Crippen LogP contribution in [0.5, 0.6) is 17.2 Å². The fourth-order valence-electron chi connectivity index (χ4n) is 4.21. The number of carbonyl (C=O) groups excluding carboxylic acids is 3. The van der Waals surface area contributed by atoms with Crippen LogP contribution in [-0.4, -0.2) is 82.1 Å². The Morgan fingerprint density at radius 3 is 0.707 bits per heavy atom. The van der Waals surface area contributed by atoms with Gasteiger partial charge in [0.25, 0.3) is 0 Å². The quantitative estimate of drug-likeness (QED) is 0.0298. The minimum absolute atomic E-state index is 0.0655. The first kappa shape index (κ1) is 47.2. The van der Waals surface area contributed by atoms with Crippen molar-refractivity contribution in [1.29, 1.82) is 0 Å². The van der Waals surface area contributed by atoms with Gasteiger partial charge < -0.3 is 28.4 Å². The first-order chi connectivity index (χ1) is 27.3. The normalized spacial score (nSPS) is 11.4. The molecule has 0 fully saturated rings. The number of rotatable bonds is 21. The third kappa shape index (κ3) is 12.0. The molecular weight excluding hydrogens is 839 g/mol. The van der Waals surface area contributed by atoms with Gasteiger partial charge in [-0.15, -0.1) is 0 Å². The summed E-state index contributed by atoms with van der Waals surface area (Å²) in [6.07, 6.45) is -2.27. The number of carbonyl (C=O) groups is 3. The van der Waals surface area contributed by atoms with E-state index >= 15 is 0 Å². The summed E-state index contributed by atoms with van der Waals surface area (Å²) in [5, 5.41) is 0. The highest BCUT2D eigenvalue weighted by Crippen LogP contribution is 2.31. The molecule has 0 unspecified atom stereocenters. The van der Waals surface area contributed by atoms with Gasteiger partial charge in [0, 0.05) is 19.6 Å². The number of hydrogen-bond donors (Lipinski definition) is 0. The summed E-state index contributed by atoms with van der Waals surface area (Å²) in [4.78, 5) is 37.3. The third-order valence-electron chi connectivity index (χ3n) is 7.16. The van der Waals surface area contributed by atoms with E-state index in [1.165, 1.54) is 4.90 Å². The molecule has 3 rings (SSSR count). The van der Waals surface area contributed by atoms with Gasteiger partial charge >= 0.3 is 17.9 Å². The molecule has 10 nitrogen and oxygen atoms in total. The van der Waals surface area contributed by atoms with Gasteiger partial charge in [0.1, 0.15) is 0 Å². The first-order valence-corrected chi connectivity index (χ1v) is 15.9. The molecule has 3 aromatic rings. The number of esters is 3. The summed E-state index contributed by atoms with van der Waals surface area (Å²) >= 11 is 0.